The minimum Gasteiger partial charge on any atom is -0.480 e. The van der Waals surface area contributed by atoms with Gasteiger partial charge in [0.05, 0.1) is 18.5 Å². The summed E-state index contributed by atoms with van der Waals surface area (Å²) in [6.45, 7) is 1.50. The van der Waals surface area contributed by atoms with E-state index in [1.54, 1.807) is 30.3 Å². The molecule has 12 N–H and O–H groups in total. The number of carbonyl (C=O) groups excluding carboxylic acids is 3. The number of carbonyl (C=O) groups is 4. The van der Waals surface area contributed by atoms with Crippen LogP contribution in [0.1, 0.15) is 31.0 Å². The smallest absolute Gasteiger partial charge is 0.328 e. The fourth-order valence-corrected chi connectivity index (χ4v) is 3.73. The van der Waals surface area contributed by atoms with Gasteiger partial charge in [-0.25, -0.2) is 9.78 Å². The molecule has 15 nitrogen and oxygen atoms in total. The van der Waals surface area contributed by atoms with Crippen LogP contribution in [-0.2, 0) is 32.0 Å². The van der Waals surface area contributed by atoms with Crippen LogP contribution in [0, 0.1) is 0 Å². The van der Waals surface area contributed by atoms with Crippen molar-refractivity contribution in [2.45, 2.75) is 62.9 Å². The molecule has 0 saturated carbocycles. The lowest BCUT2D eigenvalue weighted by molar-refractivity contribution is -0.145. The number of hydrogen-bond acceptors (Lipinski definition) is 8. The zero-order chi connectivity index (χ0) is 29.7. The largest absolute Gasteiger partial charge is 0.480 e. The highest BCUT2D eigenvalue weighted by atomic mass is 16.4. The van der Waals surface area contributed by atoms with Gasteiger partial charge >= 0.3 is 5.97 Å². The first-order valence-corrected chi connectivity index (χ1v) is 12.6. The summed E-state index contributed by atoms with van der Waals surface area (Å²) < 4.78 is 0. The number of amides is 3. The van der Waals surface area contributed by atoms with Gasteiger partial charge in [0.25, 0.3) is 0 Å². The molecular weight excluding hydrogens is 522 g/mol. The normalized spacial score (nSPS) is 14.6. The van der Waals surface area contributed by atoms with Crippen molar-refractivity contribution >= 4 is 29.7 Å². The van der Waals surface area contributed by atoms with Gasteiger partial charge in [-0.1, -0.05) is 30.3 Å². The molecule has 0 saturated heterocycles. The van der Waals surface area contributed by atoms with Gasteiger partial charge in [0.1, 0.15) is 12.1 Å². The van der Waals surface area contributed by atoms with E-state index >= 15 is 0 Å². The Morgan fingerprint density at radius 3 is 2.20 bits per heavy atom. The number of aromatic nitrogens is 2. The molecular formula is C25H37N9O6. The molecule has 1 aromatic heterocycles. The first-order valence-electron chi connectivity index (χ1n) is 12.6. The van der Waals surface area contributed by atoms with E-state index in [2.05, 4.69) is 30.9 Å². The standard InChI is InChI=1S/C25H37N9O6/c1-14(35)20(24(39)40)34-23(38)19(11-16-12-29-13-31-16)33-22(37)18(10-15-6-3-2-4-7-15)32-21(36)17(26)8-5-9-30-25(27)28/h2-4,6-7,12-14,17-20,35H,5,8-11,26H2,1H3,(H,29,31)(H,32,36)(H,33,37)(H,34,38)(H,39,40)(H4,27,28,30). The van der Waals surface area contributed by atoms with Gasteiger partial charge in [-0.05, 0) is 25.3 Å². The molecule has 0 spiro atoms. The number of aliphatic hydroxyl groups excluding tert-OH is 1. The number of nitrogens with two attached hydrogens (primary N) is 3. The zero-order valence-electron chi connectivity index (χ0n) is 22.1. The third-order valence-electron chi connectivity index (χ3n) is 5.88. The molecule has 0 bridgehead atoms. The van der Waals surface area contributed by atoms with Crippen LogP contribution in [0.3, 0.4) is 0 Å². The van der Waals surface area contributed by atoms with Crippen molar-refractivity contribution in [1.29, 1.82) is 0 Å². The Morgan fingerprint density at radius 1 is 1.00 bits per heavy atom. The summed E-state index contributed by atoms with van der Waals surface area (Å²) in [5, 5.41) is 26.6. The number of nitrogens with one attached hydrogen (secondary N) is 4. The average Bonchev–Trinajstić information content (AvgIpc) is 3.41. The van der Waals surface area contributed by atoms with Gasteiger partial charge < -0.3 is 48.3 Å². The molecule has 1 aromatic carbocycles. The van der Waals surface area contributed by atoms with E-state index in [4.69, 9.17) is 17.2 Å². The molecule has 5 atom stereocenters. The predicted molar refractivity (Wildman–Crippen MR) is 145 cm³/mol. The highest BCUT2D eigenvalue weighted by molar-refractivity contribution is 5.94. The van der Waals surface area contributed by atoms with E-state index in [1.807, 2.05) is 0 Å². The Labute approximate surface area is 231 Å². The number of guanidine groups is 1. The molecule has 2 rings (SSSR count). The molecule has 2 aromatic rings. The summed E-state index contributed by atoms with van der Waals surface area (Å²) in [7, 11) is 0. The minimum absolute atomic E-state index is 0.0694. The monoisotopic (exact) mass is 559 g/mol. The second kappa shape index (κ2) is 15.8. The molecule has 0 aliphatic carbocycles. The molecule has 15 heteroatoms. The van der Waals surface area contributed by atoms with Crippen molar-refractivity contribution in [2.24, 2.45) is 22.2 Å². The number of aromatic amines is 1. The Balaban J connectivity index is 2.22. The number of hydrogen-bond donors (Lipinski definition) is 9. The third-order valence-corrected chi connectivity index (χ3v) is 5.88. The molecule has 0 fully saturated rings. The topological polar surface area (TPSA) is 264 Å². The molecule has 5 unspecified atom stereocenters. The van der Waals surface area contributed by atoms with Crippen LogP contribution < -0.4 is 33.2 Å². The summed E-state index contributed by atoms with van der Waals surface area (Å²) in [4.78, 5) is 61.4. The van der Waals surface area contributed by atoms with Crippen LogP contribution in [0.2, 0.25) is 0 Å². The number of H-pyrrole nitrogens is 1. The minimum atomic E-state index is -1.61. The molecule has 0 radical (unpaired) electrons. The molecule has 40 heavy (non-hydrogen) atoms. The zero-order valence-corrected chi connectivity index (χ0v) is 22.1. The van der Waals surface area contributed by atoms with E-state index in [9.17, 15) is 29.4 Å². The number of aliphatic carboxylic acids is 1. The second-order valence-corrected chi connectivity index (χ2v) is 9.21. The number of carboxylic acid groups (broad SMARTS) is 1. The Hall–Kier alpha value is -4.50. The van der Waals surface area contributed by atoms with E-state index in [0.29, 0.717) is 12.1 Å². The fourth-order valence-electron chi connectivity index (χ4n) is 3.73. The predicted octanol–water partition coefficient (Wildman–Crippen LogP) is -2.50. The maximum atomic E-state index is 13.5. The van der Waals surface area contributed by atoms with Crippen molar-refractivity contribution in [3.63, 3.8) is 0 Å². The van der Waals surface area contributed by atoms with Crippen LogP contribution in [0.5, 0.6) is 0 Å². The van der Waals surface area contributed by atoms with Crippen molar-refractivity contribution in [3.05, 3.63) is 54.1 Å². The highest BCUT2D eigenvalue weighted by Gasteiger charge is 2.32. The summed E-state index contributed by atoms with van der Waals surface area (Å²) >= 11 is 0. The van der Waals surface area contributed by atoms with E-state index in [0.717, 1.165) is 5.56 Å². The van der Waals surface area contributed by atoms with Gasteiger partial charge in [0, 0.05) is 31.3 Å². The average molecular weight is 560 g/mol. The van der Waals surface area contributed by atoms with E-state index in [-0.39, 0.29) is 31.8 Å². The fraction of sp³-hybridized carbons (Fsp3) is 0.440. The molecule has 0 aliphatic heterocycles. The molecule has 0 aliphatic rings. The van der Waals surface area contributed by atoms with Gasteiger partial charge in [-0.2, -0.15) is 0 Å². The third kappa shape index (κ3) is 10.7. The number of imidazole rings is 1. The van der Waals surface area contributed by atoms with Crippen LogP contribution in [-0.4, -0.2) is 86.6 Å². The molecule has 1 heterocycles. The lowest BCUT2D eigenvalue weighted by Gasteiger charge is -2.25. The number of benzene rings is 1. The van der Waals surface area contributed by atoms with Crippen molar-refractivity contribution in [1.82, 2.24) is 25.9 Å². The van der Waals surface area contributed by atoms with E-state index in [1.165, 1.54) is 19.4 Å². The first-order chi connectivity index (χ1) is 19.0. The molecule has 3 amide bonds. The van der Waals surface area contributed by atoms with Crippen molar-refractivity contribution < 1.29 is 29.4 Å². The number of aliphatic hydroxyl groups is 1. The van der Waals surface area contributed by atoms with Crippen molar-refractivity contribution in [3.8, 4) is 0 Å². The first kappa shape index (κ1) is 31.7. The Kier molecular flexibility index (Phi) is 12.5. The van der Waals surface area contributed by atoms with Gasteiger partial charge in [0.2, 0.25) is 17.7 Å². The summed E-state index contributed by atoms with van der Waals surface area (Å²) in [6, 6.07) is 3.95. The SMILES string of the molecule is CC(O)C(NC(=O)C(Cc1cnc[nH]1)NC(=O)C(Cc1ccccc1)NC(=O)C(N)CCCN=C(N)N)C(=O)O. The number of rotatable bonds is 16. The Bertz CT molecular complexity index is 1140. The lowest BCUT2D eigenvalue weighted by Crippen LogP contribution is -2.59. The quantitative estimate of drug-likeness (QED) is 0.0592. The Morgan fingerprint density at radius 2 is 1.62 bits per heavy atom. The maximum Gasteiger partial charge on any atom is 0.328 e. The van der Waals surface area contributed by atoms with Crippen molar-refractivity contribution in [2.75, 3.05) is 6.54 Å². The van der Waals surface area contributed by atoms with E-state index < -0.39 is 54.0 Å². The number of carboxylic acids is 1. The van der Waals surface area contributed by atoms with Crippen LogP contribution >= 0.6 is 0 Å². The summed E-state index contributed by atoms with van der Waals surface area (Å²) in [6.07, 6.45) is 2.13. The molecule has 218 valence electrons. The summed E-state index contributed by atoms with van der Waals surface area (Å²) in [5.41, 5.74) is 17.8. The van der Waals surface area contributed by atoms with Crippen LogP contribution in [0.4, 0.5) is 0 Å². The number of aliphatic imine (C=N–C) groups is 1. The number of nitrogens with zero attached hydrogens (tertiary/aromatic N) is 2. The van der Waals surface area contributed by atoms with Crippen LogP contribution in [0.25, 0.3) is 0 Å². The maximum absolute atomic E-state index is 13.5. The van der Waals surface area contributed by atoms with Crippen LogP contribution in [0.15, 0.2) is 47.8 Å². The summed E-state index contributed by atoms with van der Waals surface area (Å²) in [5.74, 6) is -3.66. The van der Waals surface area contributed by atoms with Gasteiger partial charge in [-0.3, -0.25) is 19.4 Å². The van der Waals surface area contributed by atoms with Gasteiger partial charge in [-0.15, -0.1) is 0 Å². The van der Waals surface area contributed by atoms with Gasteiger partial charge in [0.15, 0.2) is 12.0 Å². The highest BCUT2D eigenvalue weighted by Crippen LogP contribution is 2.07. The second-order valence-electron chi connectivity index (χ2n) is 9.21. The lowest BCUT2D eigenvalue weighted by atomic mass is 10.0.